The Morgan fingerprint density at radius 2 is 0.746 bits per heavy atom. The summed E-state index contributed by atoms with van der Waals surface area (Å²) in [6.45, 7) is 0. The van der Waals surface area contributed by atoms with E-state index in [9.17, 15) is 0 Å². The molecule has 0 aliphatic carbocycles. The van der Waals surface area contributed by atoms with Gasteiger partial charge in [0.1, 0.15) is 0 Å². The molecule has 63 heavy (non-hydrogen) atoms. The van der Waals surface area contributed by atoms with Crippen molar-refractivity contribution in [3.8, 4) is 39.2 Å². The van der Waals surface area contributed by atoms with E-state index in [0.29, 0.717) is 0 Å². The first-order chi connectivity index (χ1) is 31.3. The number of fused-ring (bicyclic) bond motifs is 12. The summed E-state index contributed by atoms with van der Waals surface area (Å²) < 4.78 is 2.34. The molecule has 0 atom stereocenters. The highest BCUT2D eigenvalue weighted by molar-refractivity contribution is 6.23. The van der Waals surface area contributed by atoms with Gasteiger partial charge in [0, 0.05) is 56.0 Å². The van der Waals surface area contributed by atoms with Gasteiger partial charge in [-0.1, -0.05) is 170 Å². The number of nitrogens with zero attached hydrogens (tertiary/aromatic N) is 5. The SMILES string of the molecule is c1cc(-c2cnc3c4ccccc4c4ccccc4c3n2)cc(-n2c3ccccc3c3ccccc32)c1.c1ccc(-c2ccnc3c2ccc2c(-c4ccccc4)ccnc23)cc1. The van der Waals surface area contributed by atoms with Crippen molar-refractivity contribution >= 4 is 76.2 Å². The monoisotopic (exact) mass is 803 g/mol. The zero-order valence-corrected chi connectivity index (χ0v) is 34.1. The highest BCUT2D eigenvalue weighted by Gasteiger charge is 2.16. The molecule has 5 heteroatoms. The summed E-state index contributed by atoms with van der Waals surface area (Å²) in [6, 6.07) is 72.1. The summed E-state index contributed by atoms with van der Waals surface area (Å²) in [7, 11) is 0. The Hall–Kier alpha value is -8.54. The molecule has 0 N–H and O–H groups in total. The molecular formula is C58H37N5. The lowest BCUT2D eigenvalue weighted by Gasteiger charge is -2.12. The minimum Gasteiger partial charge on any atom is -0.309 e. The molecule has 9 aromatic carbocycles. The van der Waals surface area contributed by atoms with Crippen LogP contribution in [0.15, 0.2) is 225 Å². The second-order valence-electron chi connectivity index (χ2n) is 15.8. The largest absolute Gasteiger partial charge is 0.309 e. The number of rotatable bonds is 4. The van der Waals surface area contributed by atoms with E-state index in [1.54, 1.807) is 0 Å². The molecule has 0 saturated heterocycles. The second kappa shape index (κ2) is 15.2. The smallest absolute Gasteiger partial charge is 0.0979 e. The van der Waals surface area contributed by atoms with Crippen LogP contribution >= 0.6 is 0 Å². The third-order valence-corrected chi connectivity index (χ3v) is 12.2. The summed E-state index contributed by atoms with van der Waals surface area (Å²) in [5.74, 6) is 0. The summed E-state index contributed by atoms with van der Waals surface area (Å²) in [5.41, 5.74) is 14.0. The predicted octanol–water partition coefficient (Wildman–Crippen LogP) is 14.8. The molecule has 0 radical (unpaired) electrons. The molecule has 0 unspecified atom stereocenters. The number of pyridine rings is 2. The van der Waals surface area contributed by atoms with E-state index < -0.39 is 0 Å². The van der Waals surface area contributed by atoms with E-state index in [-0.39, 0.29) is 0 Å². The van der Waals surface area contributed by atoms with E-state index in [2.05, 4.69) is 209 Å². The van der Waals surface area contributed by atoms with Crippen molar-refractivity contribution in [1.82, 2.24) is 24.5 Å². The molecule has 13 rings (SSSR count). The van der Waals surface area contributed by atoms with Crippen molar-refractivity contribution < 1.29 is 0 Å². The number of hydrogen-bond acceptors (Lipinski definition) is 4. The van der Waals surface area contributed by atoms with E-state index in [1.807, 2.05) is 30.7 Å². The molecule has 0 aliphatic heterocycles. The van der Waals surface area contributed by atoms with Gasteiger partial charge in [0.25, 0.3) is 0 Å². The average Bonchev–Trinajstić information content (AvgIpc) is 3.71. The first-order valence-corrected chi connectivity index (χ1v) is 21.2. The third kappa shape index (κ3) is 6.17. The van der Waals surface area contributed by atoms with Crippen molar-refractivity contribution in [3.63, 3.8) is 0 Å². The Kier molecular flexibility index (Phi) is 8.75. The lowest BCUT2D eigenvalue weighted by Crippen LogP contribution is -1.96. The molecule has 294 valence electrons. The van der Waals surface area contributed by atoms with Crippen LogP contribution in [-0.4, -0.2) is 24.5 Å². The van der Waals surface area contributed by atoms with Crippen LogP contribution in [0.3, 0.4) is 0 Å². The predicted molar refractivity (Wildman–Crippen MR) is 262 cm³/mol. The summed E-state index contributed by atoms with van der Waals surface area (Å²) >= 11 is 0. The van der Waals surface area contributed by atoms with Crippen molar-refractivity contribution in [3.05, 3.63) is 225 Å². The maximum atomic E-state index is 5.20. The van der Waals surface area contributed by atoms with Gasteiger partial charge < -0.3 is 4.57 Å². The van der Waals surface area contributed by atoms with Gasteiger partial charge in [-0.05, 0) is 69.4 Å². The van der Waals surface area contributed by atoms with Gasteiger partial charge in [-0.3, -0.25) is 15.0 Å². The number of para-hydroxylation sites is 2. The van der Waals surface area contributed by atoms with Crippen LogP contribution in [0, 0.1) is 0 Å². The van der Waals surface area contributed by atoms with Crippen LogP contribution in [0.25, 0.3) is 115 Å². The quantitative estimate of drug-likeness (QED) is 0.166. The summed E-state index contributed by atoms with van der Waals surface area (Å²) in [4.78, 5) is 19.5. The number of benzene rings is 9. The molecule has 5 nitrogen and oxygen atoms in total. The Labute approximate surface area is 363 Å². The van der Waals surface area contributed by atoms with Crippen LogP contribution in [0.2, 0.25) is 0 Å². The van der Waals surface area contributed by atoms with E-state index in [4.69, 9.17) is 9.97 Å². The number of hydrogen-bond donors (Lipinski definition) is 0. The Balaban J connectivity index is 0.000000142. The van der Waals surface area contributed by atoms with Gasteiger partial charge in [0.15, 0.2) is 0 Å². The molecule has 0 spiro atoms. The highest BCUT2D eigenvalue weighted by atomic mass is 15.0. The minimum absolute atomic E-state index is 0.871. The second-order valence-corrected chi connectivity index (χ2v) is 15.8. The normalized spacial score (nSPS) is 11.5. The lowest BCUT2D eigenvalue weighted by molar-refractivity contribution is 1.18. The van der Waals surface area contributed by atoms with E-state index >= 15 is 0 Å². The van der Waals surface area contributed by atoms with Gasteiger partial charge in [0.05, 0.1) is 45.0 Å². The molecular weight excluding hydrogens is 767 g/mol. The number of aromatic nitrogens is 5. The van der Waals surface area contributed by atoms with E-state index in [0.717, 1.165) is 60.6 Å². The maximum absolute atomic E-state index is 5.20. The van der Waals surface area contributed by atoms with Gasteiger partial charge >= 0.3 is 0 Å². The zero-order valence-electron chi connectivity index (χ0n) is 34.1. The average molecular weight is 804 g/mol. The Morgan fingerprint density at radius 1 is 0.302 bits per heavy atom. The molecule has 0 amide bonds. The summed E-state index contributed by atoms with van der Waals surface area (Å²) in [6.07, 6.45) is 5.66. The van der Waals surface area contributed by atoms with Crippen LogP contribution in [0.5, 0.6) is 0 Å². The fourth-order valence-electron chi connectivity index (χ4n) is 9.33. The molecule has 0 fully saturated rings. The molecule has 0 aliphatic rings. The first-order valence-electron chi connectivity index (χ1n) is 21.2. The van der Waals surface area contributed by atoms with Gasteiger partial charge in [-0.2, -0.15) is 0 Å². The van der Waals surface area contributed by atoms with Crippen LogP contribution in [-0.2, 0) is 0 Å². The lowest BCUT2D eigenvalue weighted by atomic mass is 9.97. The van der Waals surface area contributed by atoms with E-state index in [1.165, 1.54) is 54.8 Å². The fourth-order valence-corrected chi connectivity index (χ4v) is 9.33. The topological polar surface area (TPSA) is 56.5 Å². The van der Waals surface area contributed by atoms with Gasteiger partial charge in [-0.25, -0.2) is 4.98 Å². The molecule has 13 aromatic rings. The molecule has 4 heterocycles. The molecule has 0 bridgehead atoms. The maximum Gasteiger partial charge on any atom is 0.0979 e. The highest BCUT2D eigenvalue weighted by Crippen LogP contribution is 2.37. The van der Waals surface area contributed by atoms with Crippen molar-refractivity contribution in [2.75, 3.05) is 0 Å². The first kappa shape index (κ1) is 36.3. The van der Waals surface area contributed by atoms with Crippen molar-refractivity contribution in [2.24, 2.45) is 0 Å². The van der Waals surface area contributed by atoms with Crippen LogP contribution in [0.1, 0.15) is 0 Å². The minimum atomic E-state index is 0.871. The van der Waals surface area contributed by atoms with Crippen molar-refractivity contribution in [1.29, 1.82) is 0 Å². The fraction of sp³-hybridized carbons (Fsp3) is 0. The Bertz CT molecular complexity index is 3670. The third-order valence-electron chi connectivity index (χ3n) is 12.2. The van der Waals surface area contributed by atoms with Gasteiger partial charge in [-0.15, -0.1) is 0 Å². The zero-order chi connectivity index (χ0) is 41.7. The standard InChI is InChI=1S/C34H21N3.C24H16N2/c1-3-16-28-24(12-1)25-13-2-4-17-29(25)34-33(28)35-21-30(36-34)22-10-9-11-23(20-22)37-31-18-7-5-14-26(31)27-15-6-8-19-32(27)37;1-3-7-17(8-4-1)19-13-15-25-23-21(19)11-12-22-20(14-16-26-24(22)23)18-9-5-2-6-10-18/h1-21H;1-16H. The Morgan fingerprint density at radius 3 is 1.30 bits per heavy atom. The molecule has 0 saturated carbocycles. The summed E-state index contributed by atoms with van der Waals surface area (Å²) in [5, 5.41) is 9.45. The molecule has 4 aromatic heterocycles. The van der Waals surface area contributed by atoms with Crippen LogP contribution in [0.4, 0.5) is 0 Å². The van der Waals surface area contributed by atoms with Crippen molar-refractivity contribution in [2.45, 2.75) is 0 Å². The van der Waals surface area contributed by atoms with Crippen LogP contribution < -0.4 is 0 Å². The van der Waals surface area contributed by atoms with Gasteiger partial charge in [0.2, 0.25) is 0 Å².